The Kier molecular flexibility index (Phi) is 5.05. The molecule has 0 atom stereocenters. The topological polar surface area (TPSA) is 53.2 Å². The molecule has 0 amide bonds. The molecule has 1 heterocycles. The summed E-state index contributed by atoms with van der Waals surface area (Å²) in [6.07, 6.45) is 0. The zero-order valence-corrected chi connectivity index (χ0v) is 15.7. The van der Waals surface area contributed by atoms with E-state index in [0.29, 0.717) is 24.3 Å². The Morgan fingerprint density at radius 1 is 1.04 bits per heavy atom. The minimum absolute atomic E-state index is 0.00129. The molecule has 0 aliphatic heterocycles. The molecule has 134 valence electrons. The lowest BCUT2D eigenvalue weighted by molar-refractivity contribution is 0.0938. The minimum atomic E-state index is -0.0141. The van der Waals surface area contributed by atoms with Crippen LogP contribution in [0.2, 0.25) is 0 Å². The summed E-state index contributed by atoms with van der Waals surface area (Å²) in [5.41, 5.74) is 3.85. The predicted octanol–water partition coefficient (Wildman–Crippen LogP) is 4.30. The Bertz CT molecular complexity index is 985. The van der Waals surface area contributed by atoms with Gasteiger partial charge in [0, 0.05) is 17.8 Å². The smallest absolute Gasteiger partial charge is 0.193 e. The van der Waals surface area contributed by atoms with Crippen LogP contribution in [-0.2, 0) is 6.54 Å². The molecular weight excluding hydrogens is 324 g/mol. The van der Waals surface area contributed by atoms with Crippen molar-refractivity contribution in [1.29, 1.82) is 0 Å². The number of H-pyrrole nitrogens is 1. The zero-order valence-electron chi connectivity index (χ0n) is 15.7. The number of aryl methyl sites for hydroxylation is 1. The highest BCUT2D eigenvalue weighted by Gasteiger charge is 2.20. The molecule has 0 aliphatic rings. The quantitative estimate of drug-likeness (QED) is 0.676. The number of Topliss-reactive ketones (excluding diaryl/α,β-unsaturated/α-hetero) is 2. The first-order chi connectivity index (χ1) is 12.4. The van der Waals surface area contributed by atoms with Crippen LogP contribution in [-0.4, -0.2) is 35.0 Å². The van der Waals surface area contributed by atoms with Gasteiger partial charge in [-0.1, -0.05) is 36.4 Å². The van der Waals surface area contributed by atoms with E-state index >= 15 is 0 Å². The molecule has 0 radical (unpaired) electrons. The normalized spacial score (nSPS) is 11.3. The molecule has 4 heteroatoms. The van der Waals surface area contributed by atoms with E-state index in [4.69, 9.17) is 0 Å². The fourth-order valence-electron chi connectivity index (χ4n) is 3.59. The molecule has 2 aromatic carbocycles. The van der Waals surface area contributed by atoms with Gasteiger partial charge in [0.05, 0.1) is 12.2 Å². The van der Waals surface area contributed by atoms with Crippen LogP contribution in [0.3, 0.4) is 0 Å². The molecule has 3 rings (SSSR count). The Hall–Kier alpha value is -2.72. The van der Waals surface area contributed by atoms with E-state index in [9.17, 15) is 9.59 Å². The third-order valence-electron chi connectivity index (χ3n) is 4.75. The van der Waals surface area contributed by atoms with Crippen molar-refractivity contribution in [3.8, 4) is 0 Å². The number of benzene rings is 2. The molecular formula is C22H24N2O2. The van der Waals surface area contributed by atoms with Crippen molar-refractivity contribution in [3.05, 3.63) is 70.5 Å². The summed E-state index contributed by atoms with van der Waals surface area (Å²) in [7, 11) is 1.93. The molecule has 0 saturated carbocycles. The Balaban J connectivity index is 1.73. The van der Waals surface area contributed by atoms with Gasteiger partial charge in [-0.15, -0.1) is 0 Å². The third kappa shape index (κ3) is 3.60. The summed E-state index contributed by atoms with van der Waals surface area (Å²) >= 11 is 0. The van der Waals surface area contributed by atoms with Crippen LogP contribution in [0.5, 0.6) is 0 Å². The van der Waals surface area contributed by atoms with Crippen LogP contribution < -0.4 is 0 Å². The first-order valence-electron chi connectivity index (χ1n) is 8.76. The van der Waals surface area contributed by atoms with Gasteiger partial charge in [0.1, 0.15) is 0 Å². The summed E-state index contributed by atoms with van der Waals surface area (Å²) in [6, 6.07) is 14.6. The number of hydrogen-bond donors (Lipinski definition) is 1. The zero-order chi connectivity index (χ0) is 18.8. The first-order valence-corrected chi connectivity index (χ1v) is 8.76. The maximum atomic E-state index is 12.7. The van der Waals surface area contributed by atoms with Crippen molar-refractivity contribution >= 4 is 22.3 Å². The fraction of sp³-hybridized carbons (Fsp3) is 0.273. The van der Waals surface area contributed by atoms with Crippen molar-refractivity contribution in [2.24, 2.45) is 0 Å². The first kappa shape index (κ1) is 18.1. The fourth-order valence-corrected chi connectivity index (χ4v) is 3.59. The van der Waals surface area contributed by atoms with Gasteiger partial charge in [-0.25, -0.2) is 0 Å². The Morgan fingerprint density at radius 3 is 2.38 bits per heavy atom. The molecule has 4 nitrogen and oxygen atoms in total. The number of fused-ring (bicyclic) bond motifs is 1. The van der Waals surface area contributed by atoms with Crippen molar-refractivity contribution in [3.63, 3.8) is 0 Å². The average molecular weight is 348 g/mol. The minimum Gasteiger partial charge on any atom is -0.355 e. The molecule has 26 heavy (non-hydrogen) atoms. The molecule has 3 aromatic rings. The number of aromatic amines is 1. The summed E-state index contributed by atoms with van der Waals surface area (Å²) in [6.45, 7) is 6.18. The molecule has 0 saturated heterocycles. The number of carbonyl (C=O) groups excluding carboxylic acids is 2. The van der Waals surface area contributed by atoms with Crippen molar-refractivity contribution < 1.29 is 9.59 Å². The number of ketones is 2. The second kappa shape index (κ2) is 7.26. The molecule has 0 bridgehead atoms. The van der Waals surface area contributed by atoms with Crippen molar-refractivity contribution in [2.75, 3.05) is 13.6 Å². The molecule has 1 aromatic heterocycles. The molecule has 0 unspecified atom stereocenters. The van der Waals surface area contributed by atoms with Crippen molar-refractivity contribution in [2.45, 2.75) is 27.3 Å². The summed E-state index contributed by atoms with van der Waals surface area (Å²) < 4.78 is 0. The van der Waals surface area contributed by atoms with Crippen LogP contribution in [0.4, 0.5) is 0 Å². The van der Waals surface area contributed by atoms with Gasteiger partial charge in [-0.3, -0.25) is 14.5 Å². The average Bonchev–Trinajstić information content (AvgIpc) is 2.89. The van der Waals surface area contributed by atoms with Gasteiger partial charge >= 0.3 is 0 Å². The Labute approximate surface area is 153 Å². The van der Waals surface area contributed by atoms with Gasteiger partial charge in [0.15, 0.2) is 11.6 Å². The number of likely N-dealkylation sites (N-methyl/N-ethyl adjacent to an activating group) is 1. The second-order valence-electron chi connectivity index (χ2n) is 6.96. The highest BCUT2D eigenvalue weighted by Crippen LogP contribution is 2.20. The van der Waals surface area contributed by atoms with Crippen LogP contribution in [0.25, 0.3) is 10.8 Å². The lowest BCUT2D eigenvalue weighted by Gasteiger charge is -2.16. The molecule has 0 aliphatic carbocycles. The number of aromatic nitrogens is 1. The van der Waals surface area contributed by atoms with Crippen LogP contribution in [0, 0.1) is 13.8 Å². The maximum Gasteiger partial charge on any atom is 0.193 e. The van der Waals surface area contributed by atoms with Crippen molar-refractivity contribution in [1.82, 2.24) is 9.88 Å². The van der Waals surface area contributed by atoms with Gasteiger partial charge < -0.3 is 4.98 Å². The van der Waals surface area contributed by atoms with E-state index in [1.807, 2.05) is 37.9 Å². The number of carbonyl (C=O) groups is 2. The summed E-state index contributed by atoms with van der Waals surface area (Å²) in [4.78, 5) is 29.5. The number of nitrogens with one attached hydrogen (secondary N) is 1. The highest BCUT2D eigenvalue weighted by molar-refractivity contribution is 6.03. The van der Waals surface area contributed by atoms with E-state index in [-0.39, 0.29) is 11.6 Å². The summed E-state index contributed by atoms with van der Waals surface area (Å²) in [5.74, 6) is -0.0128. The van der Waals surface area contributed by atoms with E-state index in [1.54, 1.807) is 0 Å². The molecule has 1 N–H and O–H groups in total. The molecule has 0 spiro atoms. The standard InChI is InChI=1S/C22H24N2O2/c1-14-21(16(3)25)15(2)23-22(14)20(26)13-24(4)12-17-9-10-18-7-5-6-8-19(18)11-17/h5-11,23H,12-13H2,1-4H3. The monoisotopic (exact) mass is 348 g/mol. The highest BCUT2D eigenvalue weighted by atomic mass is 16.1. The molecule has 0 fully saturated rings. The maximum absolute atomic E-state index is 12.7. The predicted molar refractivity (Wildman–Crippen MR) is 105 cm³/mol. The van der Waals surface area contributed by atoms with E-state index < -0.39 is 0 Å². The van der Waals surface area contributed by atoms with Gasteiger partial charge in [0.25, 0.3) is 0 Å². The Morgan fingerprint density at radius 2 is 1.73 bits per heavy atom. The number of hydrogen-bond acceptors (Lipinski definition) is 3. The lowest BCUT2D eigenvalue weighted by atomic mass is 10.0. The largest absolute Gasteiger partial charge is 0.355 e. The number of nitrogens with zero attached hydrogens (tertiary/aromatic N) is 1. The van der Waals surface area contributed by atoms with Crippen LogP contribution in [0.1, 0.15) is 44.6 Å². The number of rotatable bonds is 6. The van der Waals surface area contributed by atoms with Crippen LogP contribution >= 0.6 is 0 Å². The van der Waals surface area contributed by atoms with Gasteiger partial charge in [-0.2, -0.15) is 0 Å². The second-order valence-corrected chi connectivity index (χ2v) is 6.96. The van der Waals surface area contributed by atoms with E-state index in [0.717, 1.165) is 11.3 Å². The SMILES string of the molecule is CC(=O)c1c(C)[nH]c(C(=O)CN(C)Cc2ccc3ccccc3c2)c1C. The lowest BCUT2D eigenvalue weighted by Crippen LogP contribution is -2.26. The van der Waals surface area contributed by atoms with E-state index in [1.165, 1.54) is 23.3 Å². The third-order valence-corrected chi connectivity index (χ3v) is 4.75. The summed E-state index contributed by atoms with van der Waals surface area (Å²) in [5, 5.41) is 2.41. The van der Waals surface area contributed by atoms with Crippen LogP contribution in [0.15, 0.2) is 42.5 Å². The van der Waals surface area contributed by atoms with Gasteiger partial charge in [0.2, 0.25) is 0 Å². The van der Waals surface area contributed by atoms with Gasteiger partial charge in [-0.05, 0) is 55.8 Å². The van der Waals surface area contributed by atoms with E-state index in [2.05, 4.69) is 35.3 Å².